The second-order valence-electron chi connectivity index (χ2n) is 9.93. The Kier molecular flexibility index (Phi) is 8.94. The number of carbonyl (C=O) groups is 3. The third-order valence-electron chi connectivity index (χ3n) is 7.02. The Balaban J connectivity index is 1.84. The maximum absolute atomic E-state index is 13.6. The zero-order valence-corrected chi connectivity index (χ0v) is 21.4. The summed E-state index contributed by atoms with van der Waals surface area (Å²) in [6, 6.07) is 8.93. The molecule has 0 bridgehead atoms. The third-order valence-corrected chi connectivity index (χ3v) is 7.02. The zero-order valence-electron chi connectivity index (χ0n) is 21.4. The summed E-state index contributed by atoms with van der Waals surface area (Å²) in [5, 5.41) is 6.32. The van der Waals surface area contributed by atoms with Gasteiger partial charge in [0.05, 0.1) is 13.1 Å². The number of carbonyl (C=O) groups excluding carboxylic acids is 3. The van der Waals surface area contributed by atoms with Crippen LogP contribution in [0.2, 0.25) is 0 Å². The van der Waals surface area contributed by atoms with Crippen molar-refractivity contribution in [3.63, 3.8) is 0 Å². The number of hydrogen-bond donors (Lipinski definition) is 1. The highest BCUT2D eigenvalue weighted by atomic mass is 16.2. The minimum absolute atomic E-state index is 0.00347. The van der Waals surface area contributed by atoms with Crippen LogP contribution in [-0.4, -0.2) is 76.6 Å². The lowest BCUT2D eigenvalue weighted by molar-refractivity contribution is -0.190. The van der Waals surface area contributed by atoms with Crippen LogP contribution >= 0.6 is 0 Å². The van der Waals surface area contributed by atoms with Crippen molar-refractivity contribution in [1.82, 2.24) is 25.1 Å². The highest BCUT2D eigenvalue weighted by molar-refractivity contribution is 5.91. The normalized spacial score (nSPS) is 22.2. The number of hydrogen-bond acceptors (Lipinski definition) is 4. The van der Waals surface area contributed by atoms with Gasteiger partial charge >= 0.3 is 6.03 Å². The molecule has 0 saturated carbocycles. The van der Waals surface area contributed by atoms with E-state index in [2.05, 4.69) is 19.2 Å². The van der Waals surface area contributed by atoms with Crippen LogP contribution in [0.15, 0.2) is 30.3 Å². The first-order chi connectivity index (χ1) is 16.3. The molecule has 1 unspecified atom stereocenters. The minimum atomic E-state index is -0.562. The van der Waals surface area contributed by atoms with Crippen molar-refractivity contribution < 1.29 is 14.4 Å². The number of hydrazine groups is 1. The first-order valence-corrected chi connectivity index (χ1v) is 12.7. The van der Waals surface area contributed by atoms with Crippen molar-refractivity contribution in [1.29, 1.82) is 0 Å². The summed E-state index contributed by atoms with van der Waals surface area (Å²) in [5.41, 5.74) is 1.01. The zero-order chi connectivity index (χ0) is 24.8. The van der Waals surface area contributed by atoms with Gasteiger partial charge in [0.1, 0.15) is 12.2 Å². The molecule has 2 saturated heterocycles. The lowest BCUT2D eigenvalue weighted by Gasteiger charge is -2.55. The van der Waals surface area contributed by atoms with Crippen molar-refractivity contribution in [3.8, 4) is 0 Å². The minimum Gasteiger partial charge on any atom is -0.337 e. The summed E-state index contributed by atoms with van der Waals surface area (Å²) in [4.78, 5) is 43.6. The molecule has 2 aliphatic heterocycles. The van der Waals surface area contributed by atoms with Gasteiger partial charge < -0.3 is 15.1 Å². The second-order valence-corrected chi connectivity index (χ2v) is 9.93. The largest absolute Gasteiger partial charge is 0.337 e. The quantitative estimate of drug-likeness (QED) is 0.600. The van der Waals surface area contributed by atoms with Crippen molar-refractivity contribution in [3.05, 3.63) is 35.9 Å². The maximum atomic E-state index is 13.6. The van der Waals surface area contributed by atoms with Crippen LogP contribution < -0.4 is 5.32 Å². The topological polar surface area (TPSA) is 76.2 Å². The summed E-state index contributed by atoms with van der Waals surface area (Å²) in [5.74, 6) is 0.267. The lowest BCUT2D eigenvalue weighted by Crippen LogP contribution is -2.76. The Bertz CT molecular complexity index is 846. The number of urea groups is 1. The molecular formula is C26H41N5O3. The highest BCUT2D eigenvalue weighted by Crippen LogP contribution is 2.30. The molecule has 34 heavy (non-hydrogen) atoms. The second kappa shape index (κ2) is 11.7. The van der Waals surface area contributed by atoms with Crippen LogP contribution in [0.5, 0.6) is 0 Å². The molecular weight excluding hydrogens is 430 g/mol. The number of amides is 4. The molecule has 3 rings (SSSR count). The van der Waals surface area contributed by atoms with Crippen LogP contribution in [-0.2, 0) is 16.1 Å². The maximum Gasteiger partial charge on any atom is 0.334 e. The van der Waals surface area contributed by atoms with Gasteiger partial charge in [-0.3, -0.25) is 9.59 Å². The lowest BCUT2D eigenvalue weighted by atomic mass is 9.93. The van der Waals surface area contributed by atoms with Crippen LogP contribution in [0, 0.1) is 11.8 Å². The number of unbranched alkanes of at least 4 members (excludes halogenated alkanes) is 1. The predicted octanol–water partition coefficient (Wildman–Crippen LogP) is 3.30. The van der Waals surface area contributed by atoms with E-state index in [-0.39, 0.29) is 30.3 Å². The smallest absolute Gasteiger partial charge is 0.334 e. The SMILES string of the molecule is CCCCC(CC)CN1C[C@H]2N(C(=O)CN(C)N2C(=O)NCc2ccccc2)[C@@H](C(C)C)C1=O. The first-order valence-electron chi connectivity index (χ1n) is 12.7. The average Bonchev–Trinajstić information content (AvgIpc) is 2.81. The van der Waals surface area contributed by atoms with Gasteiger partial charge in [-0.05, 0) is 23.8 Å². The fourth-order valence-electron chi connectivity index (χ4n) is 5.11. The molecule has 2 aliphatic rings. The van der Waals surface area contributed by atoms with Crippen molar-refractivity contribution >= 4 is 17.8 Å². The number of likely N-dealkylation sites (N-methyl/N-ethyl adjacent to an activating group) is 1. The molecule has 0 aromatic heterocycles. The summed E-state index contributed by atoms with van der Waals surface area (Å²) < 4.78 is 0. The Morgan fingerprint density at radius 1 is 1.15 bits per heavy atom. The summed E-state index contributed by atoms with van der Waals surface area (Å²) in [6.07, 6.45) is 3.83. The van der Waals surface area contributed by atoms with E-state index in [0.29, 0.717) is 25.6 Å². The molecule has 0 aliphatic carbocycles. The van der Waals surface area contributed by atoms with Gasteiger partial charge in [0, 0.05) is 20.1 Å². The Morgan fingerprint density at radius 2 is 1.85 bits per heavy atom. The van der Waals surface area contributed by atoms with Crippen molar-refractivity contribution in [2.24, 2.45) is 11.8 Å². The fourth-order valence-corrected chi connectivity index (χ4v) is 5.11. The van der Waals surface area contributed by atoms with Crippen LogP contribution in [0.1, 0.15) is 58.9 Å². The van der Waals surface area contributed by atoms with E-state index in [0.717, 1.165) is 31.2 Å². The standard InChI is InChI=1S/C26H41N5O3/c1-6-8-12-20(7-2)16-29-17-22-30(24(19(3)4)25(29)33)23(32)18-28(5)31(22)26(34)27-15-21-13-10-9-11-14-21/h9-11,13-14,19-20,22,24H,6-8,12,15-18H2,1-5H3,(H,27,34)/t20?,22-,24-/m0/s1. The van der Waals surface area contributed by atoms with Crippen LogP contribution in [0.25, 0.3) is 0 Å². The van der Waals surface area contributed by atoms with Gasteiger partial charge in [0.15, 0.2) is 0 Å². The summed E-state index contributed by atoms with van der Waals surface area (Å²) in [6.45, 7) is 9.77. The Labute approximate surface area is 204 Å². The van der Waals surface area contributed by atoms with Gasteiger partial charge in [-0.2, -0.15) is 0 Å². The molecule has 4 amide bonds. The molecule has 1 aromatic rings. The molecule has 1 aromatic carbocycles. The molecule has 2 heterocycles. The van der Waals surface area contributed by atoms with Gasteiger partial charge in [0.2, 0.25) is 11.8 Å². The van der Waals surface area contributed by atoms with Gasteiger partial charge in [-0.1, -0.05) is 77.3 Å². The number of rotatable bonds is 9. The Morgan fingerprint density at radius 3 is 2.47 bits per heavy atom. The van der Waals surface area contributed by atoms with Crippen molar-refractivity contribution in [2.45, 2.75) is 72.1 Å². The van der Waals surface area contributed by atoms with E-state index in [1.165, 1.54) is 0 Å². The molecule has 0 spiro atoms. The molecule has 1 N–H and O–H groups in total. The monoisotopic (exact) mass is 471 g/mol. The van der Waals surface area contributed by atoms with Gasteiger partial charge in [-0.25, -0.2) is 14.8 Å². The van der Waals surface area contributed by atoms with E-state index >= 15 is 0 Å². The highest BCUT2D eigenvalue weighted by Gasteiger charge is 2.51. The summed E-state index contributed by atoms with van der Waals surface area (Å²) in [7, 11) is 1.76. The van der Waals surface area contributed by atoms with E-state index < -0.39 is 12.2 Å². The number of benzene rings is 1. The van der Waals surface area contributed by atoms with E-state index in [4.69, 9.17) is 0 Å². The van der Waals surface area contributed by atoms with Crippen molar-refractivity contribution in [2.75, 3.05) is 26.7 Å². The van der Waals surface area contributed by atoms with Gasteiger partial charge in [0.25, 0.3) is 0 Å². The molecule has 0 radical (unpaired) electrons. The average molecular weight is 472 g/mol. The fraction of sp³-hybridized carbons (Fsp3) is 0.654. The molecule has 188 valence electrons. The molecule has 3 atom stereocenters. The third kappa shape index (κ3) is 5.71. The number of nitrogens with one attached hydrogen (secondary N) is 1. The predicted molar refractivity (Wildman–Crippen MR) is 132 cm³/mol. The first kappa shape index (κ1) is 26.0. The van der Waals surface area contributed by atoms with Gasteiger partial charge in [-0.15, -0.1) is 0 Å². The number of fused-ring (bicyclic) bond motifs is 1. The van der Waals surface area contributed by atoms with E-state index in [9.17, 15) is 14.4 Å². The number of nitrogens with zero attached hydrogens (tertiary/aromatic N) is 4. The molecule has 2 fully saturated rings. The van der Waals surface area contributed by atoms with E-state index in [1.54, 1.807) is 22.0 Å². The Hall–Kier alpha value is -2.61. The molecule has 8 nitrogen and oxygen atoms in total. The number of piperazine rings is 1. The van der Waals surface area contributed by atoms with Crippen LogP contribution in [0.3, 0.4) is 0 Å². The van der Waals surface area contributed by atoms with Crippen LogP contribution in [0.4, 0.5) is 4.79 Å². The van der Waals surface area contributed by atoms with E-state index in [1.807, 2.05) is 49.1 Å². The molecule has 8 heteroatoms. The summed E-state index contributed by atoms with van der Waals surface area (Å²) >= 11 is 0.